The van der Waals surface area contributed by atoms with Crippen LogP contribution in [0.2, 0.25) is 0 Å². The summed E-state index contributed by atoms with van der Waals surface area (Å²) in [7, 11) is 0. The molecule has 3 N–H and O–H groups in total. The maximum absolute atomic E-state index is 12.5. The van der Waals surface area contributed by atoms with E-state index < -0.39 is 5.60 Å². The van der Waals surface area contributed by atoms with E-state index in [1.807, 2.05) is 4.90 Å². The molecule has 0 aromatic rings. The Labute approximate surface area is 137 Å². The zero-order valence-corrected chi connectivity index (χ0v) is 13.7. The number of rotatable bonds is 4. The summed E-state index contributed by atoms with van der Waals surface area (Å²) in [6.45, 7) is 2.00. The molecule has 130 valence electrons. The number of nitrogens with two attached hydrogens (primary N) is 1. The number of primary amides is 1. The van der Waals surface area contributed by atoms with Crippen molar-refractivity contribution in [3.8, 4) is 0 Å². The van der Waals surface area contributed by atoms with E-state index in [-0.39, 0.29) is 23.8 Å². The second kappa shape index (κ2) is 6.77. The number of carbonyl (C=O) groups is 2. The van der Waals surface area contributed by atoms with Gasteiger partial charge in [-0.3, -0.25) is 9.59 Å². The van der Waals surface area contributed by atoms with E-state index in [4.69, 9.17) is 10.5 Å². The Morgan fingerprint density at radius 3 is 2.43 bits per heavy atom. The van der Waals surface area contributed by atoms with Crippen LogP contribution in [0, 0.1) is 11.8 Å². The Morgan fingerprint density at radius 1 is 1.17 bits per heavy atom. The molecule has 6 nitrogen and oxygen atoms in total. The fourth-order valence-electron chi connectivity index (χ4n) is 4.37. The summed E-state index contributed by atoms with van der Waals surface area (Å²) in [5.41, 5.74) is 4.33. The van der Waals surface area contributed by atoms with Crippen molar-refractivity contribution in [3.05, 3.63) is 0 Å². The van der Waals surface area contributed by atoms with E-state index in [9.17, 15) is 14.7 Å². The summed E-state index contributed by atoms with van der Waals surface area (Å²) in [6.07, 6.45) is 6.41. The number of ether oxygens (including phenoxy) is 1. The van der Waals surface area contributed by atoms with Crippen molar-refractivity contribution >= 4 is 11.8 Å². The average molecular weight is 324 g/mol. The Balaban J connectivity index is 1.49. The Morgan fingerprint density at radius 2 is 1.83 bits per heavy atom. The molecule has 2 amide bonds. The van der Waals surface area contributed by atoms with E-state index in [1.165, 1.54) is 0 Å². The molecule has 1 saturated carbocycles. The van der Waals surface area contributed by atoms with Gasteiger partial charge in [0.1, 0.15) is 5.60 Å². The van der Waals surface area contributed by atoms with Crippen LogP contribution in [0.4, 0.5) is 0 Å². The minimum absolute atomic E-state index is 0.0567. The van der Waals surface area contributed by atoms with Crippen molar-refractivity contribution in [2.24, 2.45) is 17.6 Å². The quantitative estimate of drug-likeness (QED) is 0.800. The number of carbonyl (C=O) groups excluding carboxylic acids is 2. The molecule has 0 unspecified atom stereocenters. The van der Waals surface area contributed by atoms with Gasteiger partial charge in [-0.25, -0.2) is 0 Å². The SMILES string of the molecule is NC(=O)[C@@H]1CCO[C@@H]1CC1CCN(C(=O)C2(O)CCCC2)CC1. The molecule has 23 heavy (non-hydrogen) atoms. The molecule has 3 rings (SSSR count). The van der Waals surface area contributed by atoms with Crippen LogP contribution in [-0.2, 0) is 14.3 Å². The number of aliphatic hydroxyl groups is 1. The van der Waals surface area contributed by atoms with Gasteiger partial charge in [0.25, 0.3) is 5.91 Å². The van der Waals surface area contributed by atoms with Crippen LogP contribution in [0.1, 0.15) is 51.4 Å². The van der Waals surface area contributed by atoms with Crippen molar-refractivity contribution in [2.45, 2.75) is 63.1 Å². The van der Waals surface area contributed by atoms with Gasteiger partial charge in [-0.15, -0.1) is 0 Å². The van der Waals surface area contributed by atoms with Gasteiger partial charge in [-0.1, -0.05) is 0 Å². The molecule has 0 aromatic carbocycles. The van der Waals surface area contributed by atoms with Gasteiger partial charge in [-0.2, -0.15) is 0 Å². The van der Waals surface area contributed by atoms with Crippen LogP contribution < -0.4 is 5.73 Å². The van der Waals surface area contributed by atoms with Gasteiger partial charge in [0.2, 0.25) is 5.91 Å². The summed E-state index contributed by atoms with van der Waals surface area (Å²) < 4.78 is 5.68. The van der Waals surface area contributed by atoms with Gasteiger partial charge < -0.3 is 20.5 Å². The maximum Gasteiger partial charge on any atom is 0.254 e. The van der Waals surface area contributed by atoms with Crippen molar-refractivity contribution in [2.75, 3.05) is 19.7 Å². The molecule has 0 spiro atoms. The number of hydrogen-bond donors (Lipinski definition) is 2. The first kappa shape index (κ1) is 16.7. The molecular weight excluding hydrogens is 296 g/mol. The van der Waals surface area contributed by atoms with Crippen molar-refractivity contribution in [3.63, 3.8) is 0 Å². The predicted octanol–water partition coefficient (Wildman–Crippen LogP) is 0.811. The van der Waals surface area contributed by atoms with Crippen molar-refractivity contribution in [1.82, 2.24) is 4.90 Å². The van der Waals surface area contributed by atoms with E-state index in [1.54, 1.807) is 0 Å². The number of piperidine rings is 1. The third-order valence-electron chi connectivity index (χ3n) is 5.87. The Bertz CT molecular complexity index is 454. The Hall–Kier alpha value is -1.14. The molecule has 1 aliphatic carbocycles. The highest BCUT2D eigenvalue weighted by Crippen LogP contribution is 2.34. The van der Waals surface area contributed by atoms with Crippen molar-refractivity contribution < 1.29 is 19.4 Å². The lowest BCUT2D eigenvalue weighted by Crippen LogP contribution is -2.50. The molecule has 2 aliphatic heterocycles. The van der Waals surface area contributed by atoms with Gasteiger partial charge in [0, 0.05) is 19.7 Å². The smallest absolute Gasteiger partial charge is 0.254 e. The third-order valence-corrected chi connectivity index (χ3v) is 5.87. The second-order valence-electron chi connectivity index (χ2n) is 7.42. The summed E-state index contributed by atoms with van der Waals surface area (Å²) in [4.78, 5) is 25.8. The molecule has 0 aromatic heterocycles. The summed E-state index contributed by atoms with van der Waals surface area (Å²) >= 11 is 0. The van der Waals surface area contributed by atoms with Crippen LogP contribution in [-0.4, -0.2) is 53.2 Å². The number of hydrogen-bond acceptors (Lipinski definition) is 4. The molecule has 6 heteroatoms. The molecule has 3 aliphatic rings. The zero-order chi connectivity index (χ0) is 16.4. The van der Waals surface area contributed by atoms with Crippen LogP contribution in [0.5, 0.6) is 0 Å². The van der Waals surface area contributed by atoms with E-state index >= 15 is 0 Å². The molecule has 0 radical (unpaired) electrons. The van der Waals surface area contributed by atoms with Gasteiger partial charge in [0.15, 0.2) is 0 Å². The highest BCUT2D eigenvalue weighted by Gasteiger charge is 2.42. The van der Waals surface area contributed by atoms with Gasteiger partial charge >= 0.3 is 0 Å². The lowest BCUT2D eigenvalue weighted by atomic mass is 9.86. The first-order valence-corrected chi connectivity index (χ1v) is 8.92. The summed E-state index contributed by atoms with van der Waals surface area (Å²) in [6, 6.07) is 0. The average Bonchev–Trinajstić information content (AvgIpc) is 3.17. The molecule has 3 fully saturated rings. The Kier molecular flexibility index (Phi) is 4.92. The van der Waals surface area contributed by atoms with Gasteiger partial charge in [0.05, 0.1) is 12.0 Å². The van der Waals surface area contributed by atoms with Crippen LogP contribution in [0.15, 0.2) is 0 Å². The molecule has 2 atom stereocenters. The fourth-order valence-corrected chi connectivity index (χ4v) is 4.37. The summed E-state index contributed by atoms with van der Waals surface area (Å²) in [5, 5.41) is 10.4. The molecule has 2 heterocycles. The number of amides is 2. The van der Waals surface area contributed by atoms with Crippen LogP contribution >= 0.6 is 0 Å². The number of likely N-dealkylation sites (tertiary alicyclic amines) is 1. The van der Waals surface area contributed by atoms with Crippen molar-refractivity contribution in [1.29, 1.82) is 0 Å². The monoisotopic (exact) mass is 324 g/mol. The highest BCUT2D eigenvalue weighted by molar-refractivity contribution is 5.85. The van der Waals surface area contributed by atoms with E-state index in [0.29, 0.717) is 38.5 Å². The van der Waals surface area contributed by atoms with E-state index in [0.717, 1.165) is 38.5 Å². The maximum atomic E-state index is 12.5. The lowest BCUT2D eigenvalue weighted by Gasteiger charge is -2.37. The topological polar surface area (TPSA) is 92.9 Å². The molecule has 0 bridgehead atoms. The largest absolute Gasteiger partial charge is 0.380 e. The molecule has 2 saturated heterocycles. The third kappa shape index (κ3) is 3.53. The molecular formula is C17H28N2O4. The highest BCUT2D eigenvalue weighted by atomic mass is 16.5. The fraction of sp³-hybridized carbons (Fsp3) is 0.882. The van der Waals surface area contributed by atoms with E-state index in [2.05, 4.69) is 0 Å². The predicted molar refractivity (Wildman–Crippen MR) is 84.4 cm³/mol. The minimum atomic E-state index is -1.11. The first-order valence-electron chi connectivity index (χ1n) is 8.92. The standard InChI is InChI=1S/C17H28N2O4/c18-15(20)13-5-10-23-14(13)11-12-3-8-19(9-4-12)16(21)17(22)6-1-2-7-17/h12-14,22H,1-11H2,(H2,18,20)/t13-,14-/m1/s1. The van der Waals surface area contributed by atoms with Gasteiger partial charge in [-0.05, 0) is 57.3 Å². The summed E-state index contributed by atoms with van der Waals surface area (Å²) in [5.74, 6) is -0.0415. The lowest BCUT2D eigenvalue weighted by molar-refractivity contribution is -0.152. The second-order valence-corrected chi connectivity index (χ2v) is 7.42. The number of nitrogens with zero attached hydrogens (tertiary/aromatic N) is 1. The first-order chi connectivity index (χ1) is 11.0. The van der Waals surface area contributed by atoms with Crippen LogP contribution in [0.3, 0.4) is 0 Å². The minimum Gasteiger partial charge on any atom is -0.380 e. The normalized spacial score (nSPS) is 31.4. The van der Waals surface area contributed by atoms with Crippen LogP contribution in [0.25, 0.3) is 0 Å². The zero-order valence-electron chi connectivity index (χ0n) is 13.7.